The monoisotopic (exact) mass is 615 g/mol. The molecule has 1 saturated carbocycles. The number of aromatic carboxylic acids is 2. The van der Waals surface area contributed by atoms with Crippen molar-refractivity contribution in [3.63, 3.8) is 0 Å². The van der Waals surface area contributed by atoms with Crippen LogP contribution < -0.4 is 5.73 Å². The molecule has 0 heterocycles. The van der Waals surface area contributed by atoms with Crippen LogP contribution in [0.15, 0.2) is 46.5 Å². The molecule has 7 nitrogen and oxygen atoms in total. The molecule has 0 aliphatic heterocycles. The van der Waals surface area contributed by atoms with E-state index in [4.69, 9.17) is 85.6 Å². The number of phenols is 2. The lowest BCUT2D eigenvalue weighted by Gasteiger charge is -2.33. The van der Waals surface area contributed by atoms with Crippen LogP contribution in [0.3, 0.4) is 0 Å². The lowest BCUT2D eigenvalue weighted by Crippen LogP contribution is -2.45. The summed E-state index contributed by atoms with van der Waals surface area (Å²) in [6.45, 7) is 0.305. The second-order valence-corrected chi connectivity index (χ2v) is 11.7. The van der Waals surface area contributed by atoms with E-state index >= 15 is 0 Å². The second kappa shape index (κ2) is 10.3. The van der Waals surface area contributed by atoms with Crippen LogP contribution in [-0.2, 0) is 6.42 Å². The number of alkyl halides is 4. The second-order valence-electron chi connectivity index (χ2n) is 8.34. The first-order chi connectivity index (χ1) is 16.6. The Hall–Kier alpha value is -1.58. The van der Waals surface area contributed by atoms with Crippen LogP contribution in [0.25, 0.3) is 0 Å². The van der Waals surface area contributed by atoms with Gasteiger partial charge in [0, 0.05) is 5.92 Å². The van der Waals surface area contributed by atoms with Crippen LogP contribution in [0.5, 0.6) is 11.5 Å². The number of benzene rings is 2. The summed E-state index contributed by atoms with van der Waals surface area (Å²) in [6.07, 6.45) is 0.706. The van der Waals surface area contributed by atoms with Crippen molar-refractivity contribution in [2.24, 2.45) is 11.7 Å². The number of carbonyl (C=O) groups is 2. The Kier molecular flexibility index (Phi) is 8.29. The minimum absolute atomic E-state index is 0.179. The van der Waals surface area contributed by atoms with E-state index in [0.717, 1.165) is 0 Å². The quantitative estimate of drug-likeness (QED) is 0.264. The van der Waals surface area contributed by atoms with E-state index in [1.807, 2.05) is 0 Å². The first-order valence-corrected chi connectivity index (χ1v) is 12.5. The van der Waals surface area contributed by atoms with Crippen molar-refractivity contribution >= 4 is 81.5 Å². The Labute approximate surface area is 235 Å². The summed E-state index contributed by atoms with van der Waals surface area (Å²) in [7, 11) is 0. The lowest BCUT2D eigenvalue weighted by atomic mass is 9.92. The molecule has 2 aromatic rings. The molecule has 194 valence electrons. The van der Waals surface area contributed by atoms with Gasteiger partial charge in [-0.2, -0.15) is 0 Å². The molecule has 2 aromatic carbocycles. The van der Waals surface area contributed by atoms with Crippen LogP contribution in [0.4, 0.5) is 0 Å². The number of allylic oxidation sites excluding steroid dienone is 2. The third-order valence-corrected chi connectivity index (χ3v) is 10.5. The van der Waals surface area contributed by atoms with Gasteiger partial charge in [0.1, 0.15) is 32.4 Å². The minimum Gasteiger partial charge on any atom is -0.507 e. The van der Waals surface area contributed by atoms with Gasteiger partial charge in [-0.1, -0.05) is 58.5 Å². The maximum Gasteiger partial charge on any atom is 0.339 e. The Balaban J connectivity index is 0.000000212. The van der Waals surface area contributed by atoms with Gasteiger partial charge < -0.3 is 26.2 Å². The summed E-state index contributed by atoms with van der Waals surface area (Å²) in [5, 5.41) is 37.2. The molecule has 0 aromatic heterocycles. The molecule has 3 unspecified atom stereocenters. The Morgan fingerprint density at radius 1 is 0.861 bits per heavy atom. The molecule has 0 spiro atoms. The molecule has 36 heavy (non-hydrogen) atoms. The van der Waals surface area contributed by atoms with Crippen molar-refractivity contribution in [2.45, 2.75) is 26.9 Å². The number of hydrogen-bond acceptors (Lipinski definition) is 5. The summed E-state index contributed by atoms with van der Waals surface area (Å²) < 4.78 is -1.43. The van der Waals surface area contributed by atoms with Crippen molar-refractivity contribution in [3.05, 3.63) is 68.7 Å². The molecular weight excluding hydrogens is 599 g/mol. The van der Waals surface area contributed by atoms with Crippen molar-refractivity contribution < 1.29 is 30.0 Å². The predicted molar refractivity (Wildman–Crippen MR) is 140 cm³/mol. The van der Waals surface area contributed by atoms with E-state index in [0.29, 0.717) is 24.1 Å². The van der Waals surface area contributed by atoms with Crippen LogP contribution in [-0.4, -0.2) is 53.0 Å². The Morgan fingerprint density at radius 3 is 1.64 bits per heavy atom. The molecular formula is C23H19Cl6NO6. The zero-order chi connectivity index (χ0) is 27.2. The van der Waals surface area contributed by atoms with E-state index in [2.05, 4.69) is 0 Å². The zero-order valence-electron chi connectivity index (χ0n) is 18.1. The largest absolute Gasteiger partial charge is 0.507 e. The highest BCUT2D eigenvalue weighted by Gasteiger charge is 2.77. The van der Waals surface area contributed by atoms with Gasteiger partial charge in [-0.05, 0) is 54.8 Å². The van der Waals surface area contributed by atoms with Crippen molar-refractivity contribution in [2.75, 3.05) is 6.54 Å². The normalized spacial score (nSPS) is 25.9. The number of rotatable bonds is 5. The fraction of sp³-hybridized carbons (Fsp3) is 0.304. The molecule has 4 rings (SSSR count). The topological polar surface area (TPSA) is 141 Å². The van der Waals surface area contributed by atoms with E-state index in [1.54, 1.807) is 12.1 Å². The smallest absolute Gasteiger partial charge is 0.339 e. The van der Waals surface area contributed by atoms with Gasteiger partial charge in [0.2, 0.25) is 0 Å². The van der Waals surface area contributed by atoms with E-state index in [9.17, 15) is 19.8 Å². The Morgan fingerprint density at radius 2 is 1.31 bits per heavy atom. The van der Waals surface area contributed by atoms with Crippen molar-refractivity contribution in [1.82, 2.24) is 0 Å². The number of nitrogens with two attached hydrogens (primary N) is 1. The molecule has 0 saturated heterocycles. The van der Waals surface area contributed by atoms with E-state index in [1.165, 1.54) is 24.3 Å². The van der Waals surface area contributed by atoms with E-state index < -0.39 is 26.0 Å². The number of fused-ring (bicyclic) bond motifs is 2. The summed E-state index contributed by atoms with van der Waals surface area (Å²) in [5.41, 5.74) is 6.38. The maximum atomic E-state index is 10.9. The summed E-state index contributed by atoms with van der Waals surface area (Å²) in [5.74, 6) is -3.33. The van der Waals surface area contributed by atoms with Gasteiger partial charge in [-0.25, -0.2) is 9.59 Å². The van der Waals surface area contributed by atoms with Gasteiger partial charge in [-0.15, -0.1) is 23.2 Å². The highest BCUT2D eigenvalue weighted by molar-refractivity contribution is 6.65. The molecule has 2 bridgehead atoms. The van der Waals surface area contributed by atoms with Crippen LogP contribution >= 0.6 is 69.6 Å². The molecule has 0 radical (unpaired) electrons. The molecule has 13 heteroatoms. The summed E-state index contributed by atoms with van der Waals surface area (Å²) >= 11 is 37.2. The average Bonchev–Trinajstić information content (AvgIpc) is 3.03. The highest BCUT2D eigenvalue weighted by atomic mass is 35.5. The SMILES string of the molecule is NCC1CC2(Cl)C(Cl)=C(Cl)C1(Cl)C2(Cl)Cl.O=C(O)c1cc(Cc2ccc(O)c(C(=O)O)c2)ccc1O. The first kappa shape index (κ1) is 29.0. The van der Waals surface area contributed by atoms with Crippen molar-refractivity contribution in [3.8, 4) is 11.5 Å². The lowest BCUT2D eigenvalue weighted by molar-refractivity contribution is 0.0682. The van der Waals surface area contributed by atoms with Crippen LogP contribution in [0.2, 0.25) is 0 Å². The van der Waals surface area contributed by atoms with Crippen LogP contribution in [0.1, 0.15) is 38.3 Å². The van der Waals surface area contributed by atoms with Gasteiger partial charge in [0.15, 0.2) is 4.33 Å². The highest BCUT2D eigenvalue weighted by Crippen LogP contribution is 2.73. The van der Waals surface area contributed by atoms with Crippen molar-refractivity contribution in [1.29, 1.82) is 0 Å². The predicted octanol–water partition coefficient (Wildman–Crippen LogP) is 5.88. The summed E-state index contributed by atoms with van der Waals surface area (Å²) in [6, 6.07) is 8.30. The molecule has 2 aliphatic carbocycles. The molecule has 3 atom stereocenters. The number of halogens is 6. The number of aromatic hydroxyl groups is 2. The third-order valence-electron chi connectivity index (χ3n) is 6.18. The number of carboxylic acids is 2. The minimum atomic E-state index is -1.43. The van der Waals surface area contributed by atoms with Gasteiger partial charge in [-0.3, -0.25) is 0 Å². The van der Waals surface area contributed by atoms with E-state index in [-0.39, 0.29) is 45.0 Å². The molecule has 6 N–H and O–H groups in total. The first-order valence-electron chi connectivity index (χ1n) is 10.2. The summed E-state index contributed by atoms with van der Waals surface area (Å²) in [4.78, 5) is 19.6. The molecule has 2 aliphatic rings. The van der Waals surface area contributed by atoms with Gasteiger partial charge >= 0.3 is 11.9 Å². The number of carboxylic acid groups (broad SMARTS) is 2. The Bertz CT molecular complexity index is 1210. The zero-order valence-corrected chi connectivity index (χ0v) is 22.6. The number of hydrogen-bond donors (Lipinski definition) is 5. The third kappa shape index (κ3) is 4.60. The van der Waals surface area contributed by atoms with Gasteiger partial charge in [0.05, 0.1) is 10.1 Å². The average molecular weight is 618 g/mol. The molecule has 0 amide bonds. The maximum absolute atomic E-state index is 10.9. The van der Waals surface area contributed by atoms with Crippen LogP contribution in [0, 0.1) is 5.92 Å². The van der Waals surface area contributed by atoms with Gasteiger partial charge in [0.25, 0.3) is 0 Å². The fourth-order valence-corrected chi connectivity index (χ4v) is 7.10. The standard InChI is InChI=1S/C15H12O6.C8H7Cl6N/c16-12-3-1-8(6-10(12)14(18)19)5-9-2-4-13(17)11(7-9)15(20)21;9-4-5(10)7(12)3(2-15)1-6(4,11)8(7,13)14/h1-4,6-7,16-17H,5H2,(H,18,19)(H,20,21);3H,1-2,15H2. The fourth-order valence-electron chi connectivity index (χ4n) is 4.24. The molecule has 1 fully saturated rings.